The second kappa shape index (κ2) is 4.12. The molecule has 0 bridgehead atoms. The summed E-state index contributed by atoms with van der Waals surface area (Å²) in [6.45, 7) is 2.43. The third kappa shape index (κ3) is 2.71. The van der Waals surface area contributed by atoms with Crippen LogP contribution in [-0.2, 0) is 4.74 Å². The molecule has 0 unspecified atom stereocenters. The van der Waals surface area contributed by atoms with Crippen LogP contribution in [0.1, 0.15) is 10.7 Å². The van der Waals surface area contributed by atoms with Crippen LogP contribution in [-0.4, -0.2) is 18.7 Å². The average molecular weight is 167 g/mol. The molecule has 58 valence electrons. The first-order valence-electron chi connectivity index (χ1n) is 3.23. The van der Waals surface area contributed by atoms with Gasteiger partial charge in [-0.2, -0.15) is 0 Å². The van der Waals surface area contributed by atoms with Gasteiger partial charge in [-0.15, -0.1) is 11.3 Å². The lowest BCUT2D eigenvalue weighted by molar-refractivity contribution is 0.240. The third-order valence-electron chi connectivity index (χ3n) is 1.03. The molecule has 3 heteroatoms. The fourth-order valence-corrected chi connectivity index (χ4v) is 1.26. The molecule has 0 fully saturated rings. The number of aryl methyl sites for hydroxylation is 1. The summed E-state index contributed by atoms with van der Waals surface area (Å²) in [5, 5.41) is 2.84. The summed E-state index contributed by atoms with van der Waals surface area (Å²) in [5.74, 6) is 5.74. The zero-order chi connectivity index (χ0) is 8.10. The Morgan fingerprint density at radius 2 is 2.55 bits per heavy atom. The monoisotopic (exact) mass is 167 g/mol. The van der Waals surface area contributed by atoms with Crippen molar-refractivity contribution in [3.8, 4) is 11.8 Å². The normalized spacial score (nSPS) is 8.91. The van der Waals surface area contributed by atoms with Crippen LogP contribution in [0.2, 0.25) is 0 Å². The Balaban J connectivity index is 2.59. The molecule has 0 aliphatic heterocycles. The standard InChI is InChI=1S/C8H9NOS/c1-7-6-11-8(9-7)4-3-5-10-2/h6H,5H2,1-2H3. The van der Waals surface area contributed by atoms with Gasteiger partial charge in [0, 0.05) is 18.2 Å². The second-order valence-corrected chi connectivity index (χ2v) is 2.89. The first-order chi connectivity index (χ1) is 5.33. The minimum Gasteiger partial charge on any atom is -0.372 e. The number of ether oxygens (including phenoxy) is 1. The van der Waals surface area contributed by atoms with E-state index in [4.69, 9.17) is 4.74 Å². The van der Waals surface area contributed by atoms with Crippen molar-refractivity contribution in [2.24, 2.45) is 0 Å². The highest BCUT2D eigenvalue weighted by molar-refractivity contribution is 7.10. The average Bonchev–Trinajstić information content (AvgIpc) is 2.37. The van der Waals surface area contributed by atoms with Gasteiger partial charge in [-0.3, -0.25) is 0 Å². The quantitative estimate of drug-likeness (QED) is 0.591. The van der Waals surface area contributed by atoms with E-state index in [1.54, 1.807) is 18.4 Å². The van der Waals surface area contributed by atoms with E-state index < -0.39 is 0 Å². The Bertz CT molecular complexity index is 282. The minimum atomic E-state index is 0.471. The summed E-state index contributed by atoms with van der Waals surface area (Å²) in [6.07, 6.45) is 0. The second-order valence-electron chi connectivity index (χ2n) is 2.03. The molecule has 1 aromatic heterocycles. The van der Waals surface area contributed by atoms with Crippen LogP contribution < -0.4 is 0 Å². The van der Waals surface area contributed by atoms with E-state index in [-0.39, 0.29) is 0 Å². The van der Waals surface area contributed by atoms with Crippen molar-refractivity contribution in [2.75, 3.05) is 13.7 Å². The van der Waals surface area contributed by atoms with Crippen molar-refractivity contribution in [3.63, 3.8) is 0 Å². The number of aromatic nitrogens is 1. The fraction of sp³-hybridized carbons (Fsp3) is 0.375. The molecule has 0 aliphatic rings. The lowest BCUT2D eigenvalue weighted by Crippen LogP contribution is -1.81. The predicted molar refractivity (Wildman–Crippen MR) is 45.6 cm³/mol. The summed E-state index contributed by atoms with van der Waals surface area (Å²) in [7, 11) is 1.63. The van der Waals surface area contributed by atoms with E-state index in [1.807, 2.05) is 12.3 Å². The molecule has 1 rings (SSSR count). The van der Waals surface area contributed by atoms with Crippen molar-refractivity contribution in [1.82, 2.24) is 4.98 Å². The van der Waals surface area contributed by atoms with Gasteiger partial charge in [0.25, 0.3) is 0 Å². The summed E-state index contributed by atoms with van der Waals surface area (Å²) in [6, 6.07) is 0. The van der Waals surface area contributed by atoms with E-state index in [0.29, 0.717) is 6.61 Å². The largest absolute Gasteiger partial charge is 0.372 e. The van der Waals surface area contributed by atoms with Gasteiger partial charge < -0.3 is 4.74 Å². The first-order valence-corrected chi connectivity index (χ1v) is 4.11. The Morgan fingerprint density at radius 1 is 1.73 bits per heavy atom. The molecule has 0 atom stereocenters. The molecule has 0 saturated carbocycles. The van der Waals surface area contributed by atoms with E-state index in [9.17, 15) is 0 Å². The lowest BCUT2D eigenvalue weighted by Gasteiger charge is -1.80. The van der Waals surface area contributed by atoms with E-state index in [2.05, 4.69) is 16.8 Å². The molecule has 0 spiro atoms. The van der Waals surface area contributed by atoms with Crippen molar-refractivity contribution in [2.45, 2.75) is 6.92 Å². The molecule has 0 N–H and O–H groups in total. The van der Waals surface area contributed by atoms with Gasteiger partial charge in [-0.1, -0.05) is 5.92 Å². The zero-order valence-electron chi connectivity index (χ0n) is 6.55. The molecular weight excluding hydrogens is 158 g/mol. The van der Waals surface area contributed by atoms with Gasteiger partial charge in [0.05, 0.1) is 0 Å². The van der Waals surface area contributed by atoms with Crippen LogP contribution in [0.4, 0.5) is 0 Å². The van der Waals surface area contributed by atoms with E-state index >= 15 is 0 Å². The topological polar surface area (TPSA) is 22.1 Å². The SMILES string of the molecule is COCC#Cc1nc(C)cs1. The highest BCUT2D eigenvalue weighted by Crippen LogP contribution is 2.05. The molecule has 0 saturated heterocycles. The van der Waals surface area contributed by atoms with Crippen molar-refractivity contribution in [1.29, 1.82) is 0 Å². The van der Waals surface area contributed by atoms with Crippen LogP contribution in [0.3, 0.4) is 0 Å². The minimum absolute atomic E-state index is 0.471. The zero-order valence-corrected chi connectivity index (χ0v) is 7.36. The first kappa shape index (κ1) is 8.25. The van der Waals surface area contributed by atoms with E-state index in [1.165, 1.54) is 0 Å². The lowest BCUT2D eigenvalue weighted by atomic mass is 10.5. The van der Waals surface area contributed by atoms with Gasteiger partial charge in [0.2, 0.25) is 0 Å². The van der Waals surface area contributed by atoms with Gasteiger partial charge >= 0.3 is 0 Å². The number of methoxy groups -OCH3 is 1. The van der Waals surface area contributed by atoms with Gasteiger partial charge in [0.15, 0.2) is 5.01 Å². The molecule has 0 radical (unpaired) electrons. The number of nitrogens with zero attached hydrogens (tertiary/aromatic N) is 1. The highest BCUT2D eigenvalue weighted by Gasteiger charge is 1.90. The summed E-state index contributed by atoms with van der Waals surface area (Å²) < 4.78 is 4.77. The van der Waals surface area contributed by atoms with E-state index in [0.717, 1.165) is 10.7 Å². The summed E-state index contributed by atoms with van der Waals surface area (Å²) in [4.78, 5) is 4.17. The molecule has 1 aromatic rings. The Labute approximate surface area is 70.2 Å². The summed E-state index contributed by atoms with van der Waals surface area (Å²) in [5.41, 5.74) is 1.02. The maximum atomic E-state index is 4.77. The Morgan fingerprint density at radius 3 is 3.09 bits per heavy atom. The molecule has 2 nitrogen and oxygen atoms in total. The molecular formula is C8H9NOS. The van der Waals surface area contributed by atoms with Crippen LogP contribution >= 0.6 is 11.3 Å². The van der Waals surface area contributed by atoms with Gasteiger partial charge in [-0.05, 0) is 12.8 Å². The van der Waals surface area contributed by atoms with Crippen molar-refractivity contribution >= 4 is 11.3 Å². The van der Waals surface area contributed by atoms with Gasteiger partial charge in [0.1, 0.15) is 6.61 Å². The van der Waals surface area contributed by atoms with Crippen molar-refractivity contribution < 1.29 is 4.74 Å². The fourth-order valence-electron chi connectivity index (χ4n) is 0.595. The maximum absolute atomic E-state index is 4.77. The van der Waals surface area contributed by atoms with Crippen molar-refractivity contribution in [3.05, 3.63) is 16.1 Å². The highest BCUT2D eigenvalue weighted by atomic mass is 32.1. The number of thiazole rings is 1. The smallest absolute Gasteiger partial charge is 0.167 e. The molecule has 0 aromatic carbocycles. The van der Waals surface area contributed by atoms with Crippen LogP contribution in [0, 0.1) is 18.8 Å². The van der Waals surface area contributed by atoms with Gasteiger partial charge in [-0.25, -0.2) is 4.98 Å². The summed E-state index contributed by atoms with van der Waals surface area (Å²) >= 11 is 1.56. The number of hydrogen-bond donors (Lipinski definition) is 0. The van der Waals surface area contributed by atoms with Crippen LogP contribution in [0.15, 0.2) is 5.38 Å². The molecule has 11 heavy (non-hydrogen) atoms. The van der Waals surface area contributed by atoms with Crippen LogP contribution in [0.25, 0.3) is 0 Å². The Hall–Kier alpha value is -0.850. The van der Waals surface area contributed by atoms with Crippen LogP contribution in [0.5, 0.6) is 0 Å². The molecule has 0 aliphatic carbocycles. The number of hydrogen-bond acceptors (Lipinski definition) is 3. The molecule has 0 amide bonds. The molecule has 1 heterocycles. The third-order valence-corrected chi connectivity index (χ3v) is 1.91. The predicted octanol–water partition coefficient (Wildman–Crippen LogP) is 1.45. The number of rotatable bonds is 1. The maximum Gasteiger partial charge on any atom is 0.167 e. The Kier molecular flexibility index (Phi) is 3.09.